The fraction of sp³-hybridized carbons (Fsp3) is 0.278. The van der Waals surface area contributed by atoms with E-state index >= 15 is 0 Å². The highest BCUT2D eigenvalue weighted by Gasteiger charge is 2.18. The molecule has 0 unspecified atom stereocenters. The highest BCUT2D eigenvalue weighted by atomic mass is 35.5. The molecule has 6 nitrogen and oxygen atoms in total. The van der Waals surface area contributed by atoms with Crippen molar-refractivity contribution >= 4 is 27.5 Å². The van der Waals surface area contributed by atoms with Gasteiger partial charge in [0, 0.05) is 5.02 Å². The molecule has 0 aliphatic rings. The molecule has 0 saturated heterocycles. The molecule has 0 fully saturated rings. The maximum absolute atomic E-state index is 12.4. The van der Waals surface area contributed by atoms with Crippen molar-refractivity contribution in [2.75, 3.05) is 7.11 Å². The molecule has 0 aromatic heterocycles. The van der Waals surface area contributed by atoms with Gasteiger partial charge in [0.15, 0.2) is 0 Å². The number of hydrogen-bond donors (Lipinski definition) is 2. The number of ether oxygens (including phenoxy) is 1. The Hall–Kier alpha value is -2.09. The molecule has 8 heteroatoms. The summed E-state index contributed by atoms with van der Waals surface area (Å²) >= 11 is 5.88. The summed E-state index contributed by atoms with van der Waals surface area (Å²) in [5, 5.41) is 0.333. The lowest BCUT2D eigenvalue weighted by atomic mass is 9.99. The molecule has 0 bridgehead atoms. The summed E-state index contributed by atoms with van der Waals surface area (Å²) in [6, 6.07) is 11.0. The van der Waals surface area contributed by atoms with Crippen molar-refractivity contribution in [2.24, 2.45) is 0 Å². The molecule has 0 radical (unpaired) electrons. The first-order valence-corrected chi connectivity index (χ1v) is 9.90. The van der Waals surface area contributed by atoms with Gasteiger partial charge in [-0.2, -0.15) is 0 Å². The van der Waals surface area contributed by atoms with Gasteiger partial charge in [0.2, 0.25) is 0 Å². The Morgan fingerprint density at radius 1 is 1.19 bits per heavy atom. The van der Waals surface area contributed by atoms with Crippen molar-refractivity contribution in [2.45, 2.75) is 31.1 Å². The number of carbonyl (C=O) groups is 1. The average Bonchev–Trinajstić information content (AvgIpc) is 2.65. The van der Waals surface area contributed by atoms with Gasteiger partial charge in [-0.3, -0.25) is 10.2 Å². The highest BCUT2D eigenvalue weighted by molar-refractivity contribution is 7.89. The maximum Gasteiger partial charge on any atom is 0.270 e. The van der Waals surface area contributed by atoms with Crippen LogP contribution in [0.1, 0.15) is 42.1 Å². The van der Waals surface area contributed by atoms with E-state index in [9.17, 15) is 13.2 Å². The topological polar surface area (TPSA) is 84.5 Å². The van der Waals surface area contributed by atoms with E-state index in [-0.39, 0.29) is 16.2 Å². The SMILES string of the molecule is CC[C@@H](C)c1ccc(S(=O)(=O)NNC(=O)c2cc(Cl)ccc2OC)cc1. The molecular formula is C18H21ClN2O4S. The molecule has 2 rings (SSSR count). The summed E-state index contributed by atoms with van der Waals surface area (Å²) < 4.78 is 29.8. The summed E-state index contributed by atoms with van der Waals surface area (Å²) in [4.78, 5) is 14.4. The van der Waals surface area contributed by atoms with Gasteiger partial charge in [0.1, 0.15) is 5.75 Å². The average molecular weight is 397 g/mol. The molecule has 2 aromatic carbocycles. The summed E-state index contributed by atoms with van der Waals surface area (Å²) in [5.74, 6) is -0.0529. The monoisotopic (exact) mass is 396 g/mol. The second-order valence-electron chi connectivity index (χ2n) is 5.78. The van der Waals surface area contributed by atoms with E-state index < -0.39 is 15.9 Å². The molecule has 0 spiro atoms. The van der Waals surface area contributed by atoms with Gasteiger partial charge in [-0.1, -0.05) is 37.6 Å². The van der Waals surface area contributed by atoms with Crippen LogP contribution in [0.3, 0.4) is 0 Å². The van der Waals surface area contributed by atoms with Crippen LogP contribution >= 0.6 is 11.6 Å². The van der Waals surface area contributed by atoms with Crippen molar-refractivity contribution in [1.82, 2.24) is 10.3 Å². The number of benzene rings is 2. The van der Waals surface area contributed by atoms with Crippen LogP contribution in [0.5, 0.6) is 5.75 Å². The van der Waals surface area contributed by atoms with Crippen molar-refractivity contribution < 1.29 is 17.9 Å². The molecule has 0 aliphatic carbocycles. The molecule has 2 N–H and O–H groups in total. The van der Waals surface area contributed by atoms with E-state index in [0.717, 1.165) is 12.0 Å². The fourth-order valence-electron chi connectivity index (χ4n) is 2.31. The van der Waals surface area contributed by atoms with Gasteiger partial charge in [-0.25, -0.2) is 8.42 Å². The Morgan fingerprint density at radius 3 is 2.42 bits per heavy atom. The summed E-state index contributed by atoms with van der Waals surface area (Å²) in [6.45, 7) is 4.14. The molecule has 1 amide bonds. The Kier molecular flexibility index (Phi) is 6.63. The highest BCUT2D eigenvalue weighted by Crippen LogP contribution is 2.23. The van der Waals surface area contributed by atoms with E-state index in [2.05, 4.69) is 24.1 Å². The van der Waals surface area contributed by atoms with Gasteiger partial charge >= 0.3 is 0 Å². The first-order chi connectivity index (χ1) is 12.3. The summed E-state index contributed by atoms with van der Waals surface area (Å²) in [6.07, 6.45) is 0.960. The van der Waals surface area contributed by atoms with E-state index in [1.54, 1.807) is 18.2 Å². The zero-order chi connectivity index (χ0) is 19.3. The molecule has 0 aliphatic heterocycles. The van der Waals surface area contributed by atoms with Crippen LogP contribution in [0, 0.1) is 0 Å². The number of hydrazine groups is 1. The first kappa shape index (κ1) is 20.2. The third kappa shape index (κ3) is 4.75. The summed E-state index contributed by atoms with van der Waals surface area (Å²) in [5.41, 5.74) is 3.35. The minimum atomic E-state index is -3.90. The third-order valence-electron chi connectivity index (χ3n) is 4.08. The maximum atomic E-state index is 12.4. The van der Waals surface area contributed by atoms with Gasteiger partial charge < -0.3 is 4.74 Å². The molecule has 26 heavy (non-hydrogen) atoms. The molecule has 1 atom stereocenters. The normalized spacial score (nSPS) is 12.5. The Bertz CT molecular complexity index is 883. The van der Waals surface area contributed by atoms with Crippen molar-refractivity contribution in [3.05, 3.63) is 58.6 Å². The lowest BCUT2D eigenvalue weighted by molar-refractivity contribution is 0.0942. The van der Waals surface area contributed by atoms with E-state index in [0.29, 0.717) is 10.9 Å². The van der Waals surface area contributed by atoms with Crippen LogP contribution < -0.4 is 15.0 Å². The fourth-order valence-corrected chi connectivity index (χ4v) is 3.32. The van der Waals surface area contributed by atoms with Crippen LogP contribution in [0.25, 0.3) is 0 Å². The van der Waals surface area contributed by atoms with Gasteiger partial charge in [0.25, 0.3) is 15.9 Å². The number of methoxy groups -OCH3 is 1. The van der Waals surface area contributed by atoms with Gasteiger partial charge in [0.05, 0.1) is 17.6 Å². The summed E-state index contributed by atoms with van der Waals surface area (Å²) in [7, 11) is -2.49. The number of hydrogen-bond acceptors (Lipinski definition) is 4. The van der Waals surface area contributed by atoms with E-state index in [1.165, 1.54) is 31.4 Å². The zero-order valence-electron chi connectivity index (χ0n) is 14.7. The first-order valence-electron chi connectivity index (χ1n) is 8.04. The Morgan fingerprint density at radius 2 is 1.85 bits per heavy atom. The zero-order valence-corrected chi connectivity index (χ0v) is 16.3. The number of carbonyl (C=O) groups excluding carboxylic acids is 1. The standard InChI is InChI=1S/C18H21ClN2O4S/c1-4-12(2)13-5-8-15(9-6-13)26(23,24)21-20-18(22)16-11-14(19)7-10-17(16)25-3/h5-12,21H,4H2,1-3H3,(H,20,22)/t12-/m1/s1. The molecule has 0 heterocycles. The number of nitrogens with one attached hydrogen (secondary N) is 2. The lowest BCUT2D eigenvalue weighted by Crippen LogP contribution is -2.41. The van der Waals surface area contributed by atoms with Crippen molar-refractivity contribution in [3.63, 3.8) is 0 Å². The minimum absolute atomic E-state index is 0.0583. The van der Waals surface area contributed by atoms with Crippen LogP contribution in [0.15, 0.2) is 47.4 Å². The number of rotatable bonds is 7. The molecule has 140 valence electrons. The second-order valence-corrected chi connectivity index (χ2v) is 7.90. The number of halogens is 1. The molecular weight excluding hydrogens is 376 g/mol. The van der Waals surface area contributed by atoms with E-state index in [1.807, 2.05) is 0 Å². The van der Waals surface area contributed by atoms with Gasteiger partial charge in [-0.05, 0) is 48.2 Å². The van der Waals surface area contributed by atoms with Gasteiger partial charge in [-0.15, -0.1) is 4.83 Å². The number of sulfonamides is 1. The van der Waals surface area contributed by atoms with Crippen LogP contribution in [0.2, 0.25) is 5.02 Å². The minimum Gasteiger partial charge on any atom is -0.496 e. The van der Waals surface area contributed by atoms with E-state index in [4.69, 9.17) is 16.3 Å². The molecule has 2 aromatic rings. The van der Waals surface area contributed by atoms with Crippen molar-refractivity contribution in [3.8, 4) is 5.75 Å². The number of amides is 1. The van der Waals surface area contributed by atoms with Crippen LogP contribution in [0.4, 0.5) is 0 Å². The molecule has 0 saturated carbocycles. The predicted octanol–water partition coefficient (Wildman–Crippen LogP) is 3.49. The Balaban J connectivity index is 2.13. The second kappa shape index (κ2) is 8.53. The predicted molar refractivity (Wildman–Crippen MR) is 101 cm³/mol. The van der Waals surface area contributed by atoms with Crippen LogP contribution in [-0.2, 0) is 10.0 Å². The quantitative estimate of drug-likeness (QED) is 0.701. The largest absolute Gasteiger partial charge is 0.496 e. The Labute approximate surface area is 158 Å². The van der Waals surface area contributed by atoms with Crippen molar-refractivity contribution in [1.29, 1.82) is 0 Å². The van der Waals surface area contributed by atoms with Crippen LogP contribution in [-0.4, -0.2) is 21.4 Å². The lowest BCUT2D eigenvalue weighted by Gasteiger charge is -2.12. The third-order valence-corrected chi connectivity index (χ3v) is 5.58. The smallest absolute Gasteiger partial charge is 0.270 e.